The molecule has 2 aliphatic heterocycles. The van der Waals surface area contributed by atoms with Crippen molar-refractivity contribution in [3.05, 3.63) is 40.9 Å². The van der Waals surface area contributed by atoms with Gasteiger partial charge in [-0.3, -0.25) is 9.69 Å². The maximum absolute atomic E-state index is 12.9. The number of aryl methyl sites for hydroxylation is 1. The van der Waals surface area contributed by atoms with E-state index in [-0.39, 0.29) is 5.91 Å². The van der Waals surface area contributed by atoms with E-state index in [0.29, 0.717) is 10.4 Å². The van der Waals surface area contributed by atoms with Crippen LogP contribution in [0.25, 0.3) is 0 Å². The standard InChI is InChI=1S/C18H22N2OS2/c1-3-14-9-6-7-11-19(14)12-16-17(21)20(18(22)23-16)15-10-5-4-8-13(15)2/h4-5,8,10,12,14H,3,6-7,9,11H2,1-2H3/b16-12-. The minimum absolute atomic E-state index is 0.00901. The summed E-state index contributed by atoms with van der Waals surface area (Å²) >= 11 is 6.89. The van der Waals surface area contributed by atoms with Gasteiger partial charge in [-0.15, -0.1) is 0 Å². The fourth-order valence-electron chi connectivity index (χ4n) is 3.26. The zero-order valence-corrected chi connectivity index (χ0v) is 15.3. The lowest BCUT2D eigenvalue weighted by Crippen LogP contribution is -2.35. The van der Waals surface area contributed by atoms with Crippen LogP contribution in [0.4, 0.5) is 5.69 Å². The van der Waals surface area contributed by atoms with E-state index in [4.69, 9.17) is 12.2 Å². The maximum atomic E-state index is 12.9. The van der Waals surface area contributed by atoms with E-state index in [1.165, 1.54) is 31.0 Å². The molecule has 2 aliphatic rings. The first-order chi connectivity index (χ1) is 11.1. The van der Waals surface area contributed by atoms with E-state index in [1.807, 2.05) is 37.4 Å². The normalized spacial score (nSPS) is 23.9. The van der Waals surface area contributed by atoms with Gasteiger partial charge < -0.3 is 4.90 Å². The summed E-state index contributed by atoms with van der Waals surface area (Å²) in [6.45, 7) is 5.26. The number of likely N-dealkylation sites (tertiary alicyclic amines) is 1. The molecule has 3 rings (SSSR count). The number of anilines is 1. The molecule has 1 aromatic rings. The SMILES string of the molecule is CCC1CCCCN1/C=C1\SC(=S)N(c2ccccc2C)C1=O. The highest BCUT2D eigenvalue weighted by Crippen LogP contribution is 2.37. The van der Waals surface area contributed by atoms with Crippen molar-refractivity contribution in [2.75, 3.05) is 11.4 Å². The van der Waals surface area contributed by atoms with Crippen molar-refractivity contribution in [1.82, 2.24) is 4.90 Å². The smallest absolute Gasteiger partial charge is 0.272 e. The van der Waals surface area contributed by atoms with Gasteiger partial charge in [0, 0.05) is 18.8 Å². The lowest BCUT2D eigenvalue weighted by molar-refractivity contribution is -0.113. The van der Waals surface area contributed by atoms with Crippen molar-refractivity contribution in [2.24, 2.45) is 0 Å². The molecule has 2 heterocycles. The van der Waals surface area contributed by atoms with Gasteiger partial charge in [0.2, 0.25) is 0 Å². The Labute approximate surface area is 147 Å². The molecular weight excluding hydrogens is 324 g/mol. The highest BCUT2D eigenvalue weighted by Gasteiger charge is 2.35. The second-order valence-corrected chi connectivity index (χ2v) is 7.76. The minimum atomic E-state index is 0.00901. The molecule has 0 spiro atoms. The lowest BCUT2D eigenvalue weighted by atomic mass is 10.0. The summed E-state index contributed by atoms with van der Waals surface area (Å²) in [4.78, 5) is 17.6. The van der Waals surface area contributed by atoms with Gasteiger partial charge in [0.1, 0.15) is 0 Å². The van der Waals surface area contributed by atoms with Crippen molar-refractivity contribution in [1.29, 1.82) is 0 Å². The van der Waals surface area contributed by atoms with Gasteiger partial charge in [-0.05, 0) is 44.2 Å². The third kappa shape index (κ3) is 3.31. The molecule has 0 saturated carbocycles. The first-order valence-electron chi connectivity index (χ1n) is 8.21. The van der Waals surface area contributed by atoms with Crippen LogP contribution in [0.3, 0.4) is 0 Å². The van der Waals surface area contributed by atoms with Crippen LogP contribution in [0.1, 0.15) is 38.2 Å². The zero-order chi connectivity index (χ0) is 16.4. The second-order valence-electron chi connectivity index (χ2n) is 6.08. The molecule has 1 unspecified atom stereocenters. The first kappa shape index (κ1) is 16.5. The number of piperidine rings is 1. The van der Waals surface area contributed by atoms with Gasteiger partial charge in [-0.25, -0.2) is 0 Å². The molecule has 2 fully saturated rings. The molecule has 0 aromatic heterocycles. The van der Waals surface area contributed by atoms with Crippen molar-refractivity contribution in [3.8, 4) is 0 Å². The van der Waals surface area contributed by atoms with E-state index >= 15 is 0 Å². The number of carbonyl (C=O) groups excluding carboxylic acids is 1. The largest absolute Gasteiger partial charge is 0.373 e. The molecule has 0 aliphatic carbocycles. The molecule has 23 heavy (non-hydrogen) atoms. The number of hydrogen-bond donors (Lipinski definition) is 0. The Morgan fingerprint density at radius 3 is 2.87 bits per heavy atom. The van der Waals surface area contributed by atoms with E-state index in [9.17, 15) is 4.79 Å². The third-order valence-corrected chi connectivity index (χ3v) is 5.87. The van der Waals surface area contributed by atoms with Crippen molar-refractivity contribution >= 4 is 39.9 Å². The summed E-state index contributed by atoms with van der Waals surface area (Å²) in [5.74, 6) is 0.00901. The molecule has 0 bridgehead atoms. The average molecular weight is 347 g/mol. The lowest BCUT2D eigenvalue weighted by Gasteiger charge is -2.34. The van der Waals surface area contributed by atoms with Gasteiger partial charge in [0.15, 0.2) is 4.32 Å². The molecule has 1 aromatic carbocycles. The van der Waals surface area contributed by atoms with E-state index < -0.39 is 0 Å². The van der Waals surface area contributed by atoms with Crippen LogP contribution in [0.5, 0.6) is 0 Å². The Balaban J connectivity index is 1.86. The quantitative estimate of drug-likeness (QED) is 0.595. The number of thiocarbonyl (C=S) groups is 1. The number of thioether (sulfide) groups is 1. The number of amides is 1. The molecule has 1 atom stereocenters. The van der Waals surface area contributed by atoms with Crippen molar-refractivity contribution in [3.63, 3.8) is 0 Å². The highest BCUT2D eigenvalue weighted by molar-refractivity contribution is 8.27. The number of hydrogen-bond acceptors (Lipinski definition) is 4. The molecule has 1 amide bonds. The van der Waals surface area contributed by atoms with Gasteiger partial charge >= 0.3 is 0 Å². The number of benzene rings is 1. The summed E-state index contributed by atoms with van der Waals surface area (Å²) in [5, 5.41) is 0. The van der Waals surface area contributed by atoms with Crippen LogP contribution in [0.15, 0.2) is 35.4 Å². The number of para-hydroxylation sites is 1. The number of carbonyl (C=O) groups is 1. The fourth-order valence-corrected chi connectivity index (χ4v) is 4.54. The molecular formula is C18H22N2OS2. The van der Waals surface area contributed by atoms with Crippen molar-refractivity contribution in [2.45, 2.75) is 45.6 Å². The molecule has 122 valence electrons. The summed E-state index contributed by atoms with van der Waals surface area (Å²) in [7, 11) is 0. The summed E-state index contributed by atoms with van der Waals surface area (Å²) < 4.78 is 0.626. The van der Waals surface area contributed by atoms with E-state index in [1.54, 1.807) is 4.90 Å². The average Bonchev–Trinajstić information content (AvgIpc) is 2.83. The Hall–Kier alpha value is -1.33. The van der Waals surface area contributed by atoms with Crippen LogP contribution < -0.4 is 4.90 Å². The van der Waals surface area contributed by atoms with E-state index in [0.717, 1.165) is 29.1 Å². The van der Waals surface area contributed by atoms with E-state index in [2.05, 4.69) is 11.8 Å². The van der Waals surface area contributed by atoms with Crippen LogP contribution in [0.2, 0.25) is 0 Å². The Morgan fingerprint density at radius 2 is 2.13 bits per heavy atom. The summed E-state index contributed by atoms with van der Waals surface area (Å²) in [5.41, 5.74) is 1.96. The maximum Gasteiger partial charge on any atom is 0.272 e. The molecule has 2 saturated heterocycles. The van der Waals surface area contributed by atoms with Crippen molar-refractivity contribution < 1.29 is 4.79 Å². The van der Waals surface area contributed by atoms with Gasteiger partial charge in [-0.1, -0.05) is 49.1 Å². The predicted octanol–water partition coefficient (Wildman–Crippen LogP) is 4.47. The highest BCUT2D eigenvalue weighted by atomic mass is 32.2. The zero-order valence-electron chi connectivity index (χ0n) is 13.6. The fraction of sp³-hybridized carbons (Fsp3) is 0.444. The monoisotopic (exact) mass is 346 g/mol. The Morgan fingerprint density at radius 1 is 1.35 bits per heavy atom. The van der Waals surface area contributed by atoms with Gasteiger partial charge in [0.25, 0.3) is 5.91 Å². The number of rotatable bonds is 3. The predicted molar refractivity (Wildman–Crippen MR) is 102 cm³/mol. The topological polar surface area (TPSA) is 23.6 Å². The Bertz CT molecular complexity index is 656. The summed E-state index contributed by atoms with van der Waals surface area (Å²) in [6.07, 6.45) is 6.86. The molecule has 5 heteroatoms. The Kier molecular flexibility index (Phi) is 5.07. The van der Waals surface area contributed by atoms with Crippen LogP contribution in [-0.4, -0.2) is 27.7 Å². The molecule has 0 N–H and O–H groups in total. The van der Waals surface area contributed by atoms with Gasteiger partial charge in [-0.2, -0.15) is 0 Å². The van der Waals surface area contributed by atoms with Crippen LogP contribution in [0, 0.1) is 6.92 Å². The first-order valence-corrected chi connectivity index (χ1v) is 9.43. The second kappa shape index (κ2) is 7.05. The van der Waals surface area contributed by atoms with Crippen LogP contribution >= 0.6 is 24.0 Å². The summed E-state index contributed by atoms with van der Waals surface area (Å²) in [6, 6.07) is 8.44. The molecule has 3 nitrogen and oxygen atoms in total. The van der Waals surface area contributed by atoms with Crippen LogP contribution in [-0.2, 0) is 4.79 Å². The molecule has 0 radical (unpaired) electrons. The third-order valence-electron chi connectivity index (χ3n) is 4.58. The van der Waals surface area contributed by atoms with Gasteiger partial charge in [0.05, 0.1) is 10.6 Å². The minimum Gasteiger partial charge on any atom is -0.373 e. The number of nitrogens with zero attached hydrogens (tertiary/aromatic N) is 2.